The molecule has 8 nitrogen and oxygen atoms in total. The molecule has 1 N–H and O–H groups in total. The Balaban J connectivity index is 1.51. The number of hydrogen-bond acceptors (Lipinski definition) is 4. The van der Waals surface area contributed by atoms with E-state index < -0.39 is 6.04 Å². The molecule has 124 valence electrons. The number of urea groups is 1. The third-order valence-electron chi connectivity index (χ3n) is 4.67. The average Bonchev–Trinajstić information content (AvgIpc) is 3.10. The van der Waals surface area contributed by atoms with Crippen molar-refractivity contribution >= 4 is 23.5 Å². The number of aromatic nitrogens is 2. The van der Waals surface area contributed by atoms with Gasteiger partial charge < -0.3 is 14.2 Å². The maximum atomic E-state index is 12.6. The Morgan fingerprint density at radius 2 is 2.21 bits per heavy atom. The van der Waals surface area contributed by atoms with Gasteiger partial charge in [-0.2, -0.15) is 0 Å². The molecule has 0 aromatic carbocycles. The average molecular weight is 327 g/mol. The lowest BCUT2D eigenvalue weighted by Crippen LogP contribution is -2.55. The fraction of sp³-hybridized carbons (Fsp3) is 0.375. The van der Waals surface area contributed by atoms with Crippen molar-refractivity contribution in [3.8, 4) is 0 Å². The van der Waals surface area contributed by atoms with Crippen molar-refractivity contribution in [1.29, 1.82) is 0 Å². The van der Waals surface area contributed by atoms with Crippen molar-refractivity contribution in [3.05, 3.63) is 35.8 Å². The summed E-state index contributed by atoms with van der Waals surface area (Å²) in [5, 5.41) is 2.29. The molecule has 2 fully saturated rings. The molecule has 0 aliphatic carbocycles. The van der Waals surface area contributed by atoms with E-state index in [4.69, 9.17) is 0 Å². The normalized spacial score (nSPS) is 20.5. The molecule has 0 saturated carbocycles. The molecule has 4 rings (SSSR count). The van der Waals surface area contributed by atoms with Crippen LogP contribution in [0.25, 0.3) is 5.65 Å². The molecule has 0 bridgehead atoms. The molecule has 24 heavy (non-hydrogen) atoms. The first-order valence-corrected chi connectivity index (χ1v) is 7.85. The van der Waals surface area contributed by atoms with Gasteiger partial charge in [0.05, 0.1) is 18.7 Å². The second kappa shape index (κ2) is 5.33. The van der Waals surface area contributed by atoms with E-state index in [0.717, 1.165) is 16.9 Å². The van der Waals surface area contributed by atoms with Gasteiger partial charge in [0.1, 0.15) is 11.7 Å². The number of aryl methyl sites for hydroxylation is 1. The molecule has 4 amide bonds. The van der Waals surface area contributed by atoms with Crippen LogP contribution in [-0.2, 0) is 16.0 Å². The fourth-order valence-corrected chi connectivity index (χ4v) is 3.34. The number of piperazine rings is 1. The van der Waals surface area contributed by atoms with E-state index in [-0.39, 0.29) is 30.8 Å². The zero-order valence-corrected chi connectivity index (χ0v) is 13.2. The molecule has 0 spiro atoms. The predicted octanol–water partition coefficient (Wildman–Crippen LogP) is -0.0522. The first kappa shape index (κ1) is 14.7. The van der Waals surface area contributed by atoms with Gasteiger partial charge in [0.2, 0.25) is 5.91 Å². The summed E-state index contributed by atoms with van der Waals surface area (Å²) in [7, 11) is 0. The minimum atomic E-state index is -0.570. The number of pyridine rings is 1. The molecule has 2 saturated heterocycles. The minimum absolute atomic E-state index is 0.0647. The second-order valence-corrected chi connectivity index (χ2v) is 6.15. The predicted molar refractivity (Wildman–Crippen MR) is 84.2 cm³/mol. The summed E-state index contributed by atoms with van der Waals surface area (Å²) in [6.45, 7) is 3.03. The zero-order valence-electron chi connectivity index (χ0n) is 13.2. The van der Waals surface area contributed by atoms with E-state index >= 15 is 0 Å². The summed E-state index contributed by atoms with van der Waals surface area (Å²) in [6, 6.07) is 2.96. The van der Waals surface area contributed by atoms with Crippen molar-refractivity contribution in [3.63, 3.8) is 0 Å². The van der Waals surface area contributed by atoms with E-state index in [1.54, 1.807) is 11.1 Å². The Morgan fingerprint density at radius 3 is 3.04 bits per heavy atom. The largest absolute Gasteiger partial charge is 0.338 e. The number of carbonyl (C=O) groups excluding carboxylic acids is 3. The highest BCUT2D eigenvalue weighted by Gasteiger charge is 2.42. The van der Waals surface area contributed by atoms with Crippen LogP contribution in [0.2, 0.25) is 0 Å². The number of carbonyl (C=O) groups is 3. The molecule has 2 aromatic rings. The van der Waals surface area contributed by atoms with Crippen LogP contribution in [-0.4, -0.2) is 62.7 Å². The monoisotopic (exact) mass is 327 g/mol. The highest BCUT2D eigenvalue weighted by Crippen LogP contribution is 2.17. The number of imidazole rings is 1. The van der Waals surface area contributed by atoms with Gasteiger partial charge >= 0.3 is 6.03 Å². The standard InChI is InChI=1S/C16H17N5O3/c1-10-3-2-4-20-11(8-17-14(10)20)7-13(22)19-5-6-21-12(9-19)15(23)18-16(21)24/h2-4,8,12H,5-7,9H2,1H3,(H,18,23,24). The van der Waals surface area contributed by atoms with Crippen molar-refractivity contribution in [2.45, 2.75) is 19.4 Å². The first-order chi connectivity index (χ1) is 11.5. The summed E-state index contributed by atoms with van der Waals surface area (Å²) in [6.07, 6.45) is 3.81. The number of rotatable bonds is 2. The Labute approximate surface area is 138 Å². The van der Waals surface area contributed by atoms with Crippen LogP contribution < -0.4 is 5.32 Å². The molecule has 8 heteroatoms. The fourth-order valence-electron chi connectivity index (χ4n) is 3.34. The molecule has 1 atom stereocenters. The molecule has 1 unspecified atom stereocenters. The summed E-state index contributed by atoms with van der Waals surface area (Å²) < 4.78 is 1.91. The Bertz CT molecular complexity index is 859. The van der Waals surface area contributed by atoms with E-state index in [9.17, 15) is 14.4 Å². The molecule has 2 aliphatic heterocycles. The Kier molecular flexibility index (Phi) is 3.26. The van der Waals surface area contributed by atoms with E-state index in [0.29, 0.717) is 13.1 Å². The van der Waals surface area contributed by atoms with Crippen LogP contribution in [0.15, 0.2) is 24.5 Å². The minimum Gasteiger partial charge on any atom is -0.338 e. The van der Waals surface area contributed by atoms with Crippen molar-refractivity contribution in [1.82, 2.24) is 24.5 Å². The maximum absolute atomic E-state index is 12.6. The van der Waals surface area contributed by atoms with Crippen LogP contribution in [0, 0.1) is 6.92 Å². The summed E-state index contributed by atoms with van der Waals surface area (Å²) in [5.41, 5.74) is 2.70. The van der Waals surface area contributed by atoms with Crippen molar-refractivity contribution in [2.24, 2.45) is 0 Å². The third kappa shape index (κ3) is 2.22. The maximum Gasteiger partial charge on any atom is 0.324 e. The number of amides is 4. The van der Waals surface area contributed by atoms with Crippen molar-refractivity contribution < 1.29 is 14.4 Å². The van der Waals surface area contributed by atoms with E-state index in [1.165, 1.54) is 4.90 Å². The van der Waals surface area contributed by atoms with Crippen LogP contribution in [0.4, 0.5) is 4.79 Å². The van der Waals surface area contributed by atoms with Gasteiger partial charge in [-0.3, -0.25) is 14.9 Å². The summed E-state index contributed by atoms with van der Waals surface area (Å²) in [4.78, 5) is 43.5. The lowest BCUT2D eigenvalue weighted by atomic mass is 10.1. The highest BCUT2D eigenvalue weighted by atomic mass is 16.2. The van der Waals surface area contributed by atoms with Gasteiger partial charge in [-0.25, -0.2) is 9.78 Å². The van der Waals surface area contributed by atoms with Gasteiger partial charge in [-0.15, -0.1) is 0 Å². The Morgan fingerprint density at radius 1 is 1.38 bits per heavy atom. The van der Waals surface area contributed by atoms with E-state index in [2.05, 4.69) is 10.3 Å². The summed E-state index contributed by atoms with van der Waals surface area (Å²) in [5.74, 6) is -0.395. The second-order valence-electron chi connectivity index (χ2n) is 6.15. The summed E-state index contributed by atoms with van der Waals surface area (Å²) >= 11 is 0. The highest BCUT2D eigenvalue weighted by molar-refractivity contribution is 6.04. The van der Waals surface area contributed by atoms with Gasteiger partial charge in [0, 0.05) is 25.5 Å². The van der Waals surface area contributed by atoms with Crippen LogP contribution >= 0.6 is 0 Å². The number of fused-ring (bicyclic) bond motifs is 2. The molecular formula is C16H17N5O3. The topological polar surface area (TPSA) is 87.0 Å². The first-order valence-electron chi connectivity index (χ1n) is 7.85. The van der Waals surface area contributed by atoms with Crippen LogP contribution in [0.1, 0.15) is 11.3 Å². The Hall–Kier alpha value is -2.90. The number of hydrogen-bond donors (Lipinski definition) is 1. The quantitative estimate of drug-likeness (QED) is 0.784. The van der Waals surface area contributed by atoms with Crippen molar-refractivity contribution in [2.75, 3.05) is 19.6 Å². The molecule has 2 aliphatic rings. The van der Waals surface area contributed by atoms with E-state index in [1.807, 2.05) is 29.7 Å². The molecule has 2 aromatic heterocycles. The van der Waals surface area contributed by atoms with Crippen LogP contribution in [0.3, 0.4) is 0 Å². The van der Waals surface area contributed by atoms with Gasteiger partial charge in [-0.1, -0.05) is 6.07 Å². The molecule has 0 radical (unpaired) electrons. The molecular weight excluding hydrogens is 310 g/mol. The molecule has 4 heterocycles. The lowest BCUT2D eigenvalue weighted by Gasteiger charge is -2.35. The number of nitrogens with zero attached hydrogens (tertiary/aromatic N) is 4. The van der Waals surface area contributed by atoms with Gasteiger partial charge in [-0.05, 0) is 18.6 Å². The van der Waals surface area contributed by atoms with Gasteiger partial charge in [0.25, 0.3) is 5.91 Å². The smallest absolute Gasteiger partial charge is 0.324 e. The lowest BCUT2D eigenvalue weighted by molar-refractivity contribution is -0.134. The third-order valence-corrected chi connectivity index (χ3v) is 4.67. The zero-order chi connectivity index (χ0) is 16.8. The van der Waals surface area contributed by atoms with Crippen LogP contribution in [0.5, 0.6) is 0 Å². The SMILES string of the molecule is Cc1cccn2c(CC(=O)N3CCN4C(=O)NC(=O)C4C3)cnc12. The number of imide groups is 1. The van der Waals surface area contributed by atoms with Gasteiger partial charge in [0.15, 0.2) is 0 Å². The number of nitrogens with one attached hydrogen (secondary N) is 1.